The summed E-state index contributed by atoms with van der Waals surface area (Å²) in [5.74, 6) is 0.534. The molecule has 1 aliphatic rings. The number of hydrogen-bond acceptors (Lipinski definition) is 3. The molecule has 2 aromatic carbocycles. The molecule has 0 aliphatic heterocycles. The Morgan fingerprint density at radius 1 is 1.06 bits per heavy atom. The first-order valence-corrected chi connectivity index (χ1v) is 12.7. The van der Waals surface area contributed by atoms with Crippen LogP contribution in [0, 0.1) is 20.8 Å². The van der Waals surface area contributed by atoms with E-state index in [1.165, 1.54) is 6.42 Å². The van der Waals surface area contributed by atoms with Crippen LogP contribution < -0.4 is 10.1 Å². The number of nitrogens with zero attached hydrogens (tertiary/aromatic N) is 1. The van der Waals surface area contributed by atoms with Gasteiger partial charge in [0.05, 0.1) is 0 Å². The summed E-state index contributed by atoms with van der Waals surface area (Å²) in [7, 11) is 0. The monoisotopic (exact) mass is 464 g/mol. The first-order chi connectivity index (χ1) is 16.4. The third-order valence-electron chi connectivity index (χ3n) is 6.94. The maximum absolute atomic E-state index is 13.4. The minimum absolute atomic E-state index is 0.0432. The molecule has 0 bridgehead atoms. The summed E-state index contributed by atoms with van der Waals surface area (Å²) >= 11 is 0. The molecule has 0 spiro atoms. The highest BCUT2D eigenvalue weighted by atomic mass is 16.5. The minimum atomic E-state index is -0.498. The summed E-state index contributed by atoms with van der Waals surface area (Å²) < 4.78 is 5.99. The summed E-state index contributed by atoms with van der Waals surface area (Å²) in [6, 6.07) is 13.9. The Hall–Kier alpha value is -2.82. The third kappa shape index (κ3) is 7.09. The van der Waals surface area contributed by atoms with E-state index in [4.69, 9.17) is 4.74 Å². The lowest BCUT2D eigenvalue weighted by atomic mass is 9.95. The average molecular weight is 465 g/mol. The van der Waals surface area contributed by atoms with Crippen molar-refractivity contribution in [2.75, 3.05) is 13.2 Å². The van der Waals surface area contributed by atoms with E-state index in [9.17, 15) is 9.59 Å². The minimum Gasteiger partial charge on any atom is -0.483 e. The molecule has 0 aromatic heterocycles. The molecule has 5 nitrogen and oxygen atoms in total. The largest absolute Gasteiger partial charge is 0.483 e. The van der Waals surface area contributed by atoms with Crippen LogP contribution in [-0.2, 0) is 16.0 Å². The molecule has 1 N–H and O–H groups in total. The first kappa shape index (κ1) is 25.8. The van der Waals surface area contributed by atoms with E-state index in [-0.39, 0.29) is 24.5 Å². The Labute approximate surface area is 204 Å². The number of hydrogen-bond donors (Lipinski definition) is 1. The third-order valence-corrected chi connectivity index (χ3v) is 6.94. The van der Waals surface area contributed by atoms with Crippen molar-refractivity contribution < 1.29 is 14.3 Å². The molecule has 5 heteroatoms. The Kier molecular flexibility index (Phi) is 9.55. The predicted octanol–water partition coefficient (Wildman–Crippen LogP) is 5.29. The van der Waals surface area contributed by atoms with Gasteiger partial charge in [-0.05, 0) is 74.8 Å². The second-order valence-electron chi connectivity index (χ2n) is 9.58. The van der Waals surface area contributed by atoms with Crippen LogP contribution in [-0.4, -0.2) is 41.9 Å². The van der Waals surface area contributed by atoms with E-state index in [1.54, 1.807) is 4.90 Å². The molecule has 2 aromatic rings. The fraction of sp³-hybridized carbons (Fsp3) is 0.517. The fourth-order valence-corrected chi connectivity index (χ4v) is 4.81. The first-order valence-electron chi connectivity index (χ1n) is 12.7. The lowest BCUT2D eigenvalue weighted by Gasteiger charge is -2.32. The van der Waals surface area contributed by atoms with Gasteiger partial charge in [0.2, 0.25) is 5.91 Å². The number of carbonyl (C=O) groups is 2. The number of ether oxygens (including phenoxy) is 1. The molecular formula is C29H40N2O3. The number of amides is 2. The zero-order valence-electron chi connectivity index (χ0n) is 21.2. The van der Waals surface area contributed by atoms with Crippen molar-refractivity contribution in [1.29, 1.82) is 0 Å². The standard InChI is InChI=1S/C29H40N2O3/c1-5-26(29(33)30-25-14-10-7-11-15-25)31(17-16-24-12-8-6-9-13-24)28(32)20-34-27-19-21(2)18-22(3)23(27)4/h6,8-9,12-13,18-19,25-26H,5,7,10-11,14-17,20H2,1-4H3,(H,30,33)/t26-/m0/s1. The van der Waals surface area contributed by atoms with Gasteiger partial charge >= 0.3 is 0 Å². The number of benzene rings is 2. The molecule has 1 fully saturated rings. The zero-order valence-corrected chi connectivity index (χ0v) is 21.2. The molecule has 1 saturated carbocycles. The van der Waals surface area contributed by atoms with Gasteiger partial charge in [-0.2, -0.15) is 0 Å². The molecule has 1 aliphatic carbocycles. The van der Waals surface area contributed by atoms with Crippen LogP contribution in [0.2, 0.25) is 0 Å². The number of aryl methyl sites for hydroxylation is 2. The van der Waals surface area contributed by atoms with Crippen molar-refractivity contribution in [2.24, 2.45) is 0 Å². The van der Waals surface area contributed by atoms with Gasteiger partial charge in [-0.1, -0.05) is 62.6 Å². The zero-order chi connectivity index (χ0) is 24.5. The van der Waals surface area contributed by atoms with Crippen molar-refractivity contribution in [3.63, 3.8) is 0 Å². The molecule has 0 radical (unpaired) electrons. The summed E-state index contributed by atoms with van der Waals surface area (Å²) in [6.45, 7) is 8.46. The van der Waals surface area contributed by atoms with Gasteiger partial charge in [0.25, 0.3) is 5.91 Å². The summed E-state index contributed by atoms with van der Waals surface area (Å²) in [5, 5.41) is 3.23. The Bertz CT molecular complexity index is 951. The molecule has 2 amide bonds. The fourth-order valence-electron chi connectivity index (χ4n) is 4.81. The summed E-state index contributed by atoms with van der Waals surface area (Å²) in [5.41, 5.74) is 4.43. The normalized spacial score (nSPS) is 14.9. The van der Waals surface area contributed by atoms with Gasteiger partial charge in [0.1, 0.15) is 11.8 Å². The smallest absolute Gasteiger partial charge is 0.261 e. The SMILES string of the molecule is CC[C@@H](C(=O)NC1CCCCC1)N(CCc1ccccc1)C(=O)COc1cc(C)cc(C)c1C. The Morgan fingerprint density at radius 2 is 1.76 bits per heavy atom. The molecule has 0 heterocycles. The number of carbonyl (C=O) groups excluding carboxylic acids is 2. The molecule has 0 unspecified atom stereocenters. The van der Waals surface area contributed by atoms with E-state index < -0.39 is 6.04 Å². The van der Waals surface area contributed by atoms with E-state index >= 15 is 0 Å². The molecular weight excluding hydrogens is 424 g/mol. The highest BCUT2D eigenvalue weighted by molar-refractivity contribution is 5.88. The molecule has 184 valence electrons. The van der Waals surface area contributed by atoms with Gasteiger partial charge in [-0.3, -0.25) is 9.59 Å². The lowest BCUT2D eigenvalue weighted by Crippen LogP contribution is -2.53. The molecule has 0 saturated heterocycles. The maximum atomic E-state index is 13.4. The lowest BCUT2D eigenvalue weighted by molar-refractivity contribution is -0.142. The van der Waals surface area contributed by atoms with Gasteiger partial charge in [0, 0.05) is 12.6 Å². The van der Waals surface area contributed by atoms with Crippen LogP contribution in [0.15, 0.2) is 42.5 Å². The van der Waals surface area contributed by atoms with Crippen LogP contribution >= 0.6 is 0 Å². The van der Waals surface area contributed by atoms with E-state index in [0.717, 1.165) is 53.7 Å². The van der Waals surface area contributed by atoms with Gasteiger partial charge in [-0.15, -0.1) is 0 Å². The summed E-state index contributed by atoms with van der Waals surface area (Å²) in [4.78, 5) is 28.4. The Morgan fingerprint density at radius 3 is 2.44 bits per heavy atom. The topological polar surface area (TPSA) is 58.6 Å². The van der Waals surface area contributed by atoms with Gasteiger partial charge in [0.15, 0.2) is 6.61 Å². The van der Waals surface area contributed by atoms with E-state index in [2.05, 4.69) is 23.5 Å². The molecule has 1 atom stereocenters. The van der Waals surface area contributed by atoms with Crippen LogP contribution in [0.25, 0.3) is 0 Å². The number of nitrogens with one attached hydrogen (secondary N) is 1. The van der Waals surface area contributed by atoms with Crippen molar-refractivity contribution >= 4 is 11.8 Å². The second kappa shape index (κ2) is 12.6. The summed E-state index contributed by atoms with van der Waals surface area (Å²) in [6.07, 6.45) is 6.86. The van der Waals surface area contributed by atoms with Crippen LogP contribution in [0.5, 0.6) is 5.75 Å². The van der Waals surface area contributed by atoms with Gasteiger partial charge in [-0.25, -0.2) is 0 Å². The average Bonchev–Trinajstić information content (AvgIpc) is 2.84. The highest BCUT2D eigenvalue weighted by Crippen LogP contribution is 2.24. The molecule has 34 heavy (non-hydrogen) atoms. The van der Waals surface area contributed by atoms with Crippen LogP contribution in [0.1, 0.15) is 67.7 Å². The van der Waals surface area contributed by atoms with E-state index in [1.807, 2.05) is 52.0 Å². The van der Waals surface area contributed by atoms with Crippen LogP contribution in [0.3, 0.4) is 0 Å². The second-order valence-corrected chi connectivity index (χ2v) is 9.58. The molecule has 3 rings (SSSR count). The quantitative estimate of drug-likeness (QED) is 0.520. The highest BCUT2D eigenvalue weighted by Gasteiger charge is 2.30. The number of rotatable bonds is 10. The van der Waals surface area contributed by atoms with Crippen molar-refractivity contribution in [1.82, 2.24) is 10.2 Å². The Balaban J connectivity index is 1.74. The van der Waals surface area contributed by atoms with E-state index in [0.29, 0.717) is 19.4 Å². The predicted molar refractivity (Wildman–Crippen MR) is 137 cm³/mol. The van der Waals surface area contributed by atoms with Crippen molar-refractivity contribution in [3.8, 4) is 5.75 Å². The van der Waals surface area contributed by atoms with Crippen molar-refractivity contribution in [3.05, 3.63) is 64.7 Å². The van der Waals surface area contributed by atoms with Crippen molar-refractivity contribution in [2.45, 2.75) is 84.7 Å². The van der Waals surface area contributed by atoms with Crippen LogP contribution in [0.4, 0.5) is 0 Å². The van der Waals surface area contributed by atoms with Gasteiger partial charge < -0.3 is 15.0 Å². The maximum Gasteiger partial charge on any atom is 0.261 e.